The van der Waals surface area contributed by atoms with Crippen LogP contribution in [0.1, 0.15) is 41.3 Å². The van der Waals surface area contributed by atoms with Crippen molar-refractivity contribution in [3.8, 4) is 0 Å². The zero-order chi connectivity index (χ0) is 21.0. The van der Waals surface area contributed by atoms with E-state index in [0.29, 0.717) is 11.3 Å². The lowest BCUT2D eigenvalue weighted by Crippen LogP contribution is -2.25. The molecule has 1 amide bonds. The Labute approximate surface area is 175 Å². The number of anilines is 1. The van der Waals surface area contributed by atoms with Crippen molar-refractivity contribution in [1.82, 2.24) is 20.1 Å². The van der Waals surface area contributed by atoms with E-state index in [1.54, 1.807) is 36.4 Å². The third-order valence-electron chi connectivity index (χ3n) is 5.02. The minimum absolute atomic E-state index is 0.160. The van der Waals surface area contributed by atoms with Crippen molar-refractivity contribution in [3.05, 3.63) is 71.8 Å². The molecule has 30 heavy (non-hydrogen) atoms. The van der Waals surface area contributed by atoms with E-state index in [-0.39, 0.29) is 17.3 Å². The van der Waals surface area contributed by atoms with Crippen LogP contribution in [-0.4, -0.2) is 29.1 Å². The standard InChI is InChI=1S/C21H23N5O3S/c27-21(22-15-20-24-23-19-12-5-2-6-13-26(19)20)16-8-7-9-17(14-16)25-30(28,29)18-10-3-1-4-11-18/h1,3-4,7-11,14,25H,2,5-6,12-13,15H2,(H,22,27). The van der Waals surface area contributed by atoms with Crippen LogP contribution in [0.5, 0.6) is 0 Å². The predicted molar refractivity (Wildman–Crippen MR) is 112 cm³/mol. The highest BCUT2D eigenvalue weighted by Crippen LogP contribution is 2.18. The van der Waals surface area contributed by atoms with Crippen molar-refractivity contribution in [3.63, 3.8) is 0 Å². The largest absolute Gasteiger partial charge is 0.345 e. The summed E-state index contributed by atoms with van der Waals surface area (Å²) < 4.78 is 29.6. The molecule has 0 unspecified atom stereocenters. The smallest absolute Gasteiger partial charge is 0.261 e. The van der Waals surface area contributed by atoms with E-state index >= 15 is 0 Å². The number of hydrogen-bond acceptors (Lipinski definition) is 5. The topological polar surface area (TPSA) is 106 Å². The van der Waals surface area contributed by atoms with Crippen LogP contribution in [0.3, 0.4) is 0 Å². The van der Waals surface area contributed by atoms with Crippen molar-refractivity contribution < 1.29 is 13.2 Å². The summed E-state index contributed by atoms with van der Waals surface area (Å²) >= 11 is 0. The Morgan fingerprint density at radius 3 is 2.67 bits per heavy atom. The Morgan fingerprint density at radius 2 is 1.83 bits per heavy atom. The van der Waals surface area contributed by atoms with E-state index in [1.165, 1.54) is 24.6 Å². The molecular weight excluding hydrogens is 402 g/mol. The van der Waals surface area contributed by atoms with E-state index in [2.05, 4.69) is 24.8 Å². The van der Waals surface area contributed by atoms with E-state index in [9.17, 15) is 13.2 Å². The molecule has 0 saturated carbocycles. The molecule has 4 rings (SSSR count). The fourth-order valence-corrected chi connectivity index (χ4v) is 4.55. The summed E-state index contributed by atoms with van der Waals surface area (Å²) in [4.78, 5) is 12.8. The Hall–Kier alpha value is -3.20. The van der Waals surface area contributed by atoms with Gasteiger partial charge in [0.25, 0.3) is 15.9 Å². The number of hydrogen-bond donors (Lipinski definition) is 2. The first-order valence-corrected chi connectivity index (χ1v) is 11.4. The highest BCUT2D eigenvalue weighted by atomic mass is 32.2. The highest BCUT2D eigenvalue weighted by Gasteiger charge is 2.17. The van der Waals surface area contributed by atoms with E-state index in [1.807, 2.05) is 0 Å². The molecule has 0 aliphatic carbocycles. The van der Waals surface area contributed by atoms with Gasteiger partial charge in [-0.15, -0.1) is 10.2 Å². The molecule has 2 aromatic carbocycles. The molecule has 1 aliphatic rings. The maximum absolute atomic E-state index is 12.6. The fourth-order valence-electron chi connectivity index (χ4n) is 3.48. The first-order valence-electron chi connectivity index (χ1n) is 9.90. The molecule has 0 saturated heterocycles. The zero-order valence-electron chi connectivity index (χ0n) is 16.4. The van der Waals surface area contributed by atoms with Crippen molar-refractivity contribution in [2.24, 2.45) is 0 Å². The number of rotatable bonds is 6. The third kappa shape index (κ3) is 4.51. The number of sulfonamides is 1. The molecule has 0 spiro atoms. The molecular formula is C21H23N5O3S. The van der Waals surface area contributed by atoms with Crippen LogP contribution >= 0.6 is 0 Å². The number of aryl methyl sites for hydroxylation is 1. The number of carbonyl (C=O) groups is 1. The first kappa shape index (κ1) is 20.1. The molecule has 1 aliphatic heterocycles. The van der Waals surface area contributed by atoms with E-state index in [0.717, 1.165) is 37.5 Å². The summed E-state index contributed by atoms with van der Waals surface area (Å²) in [5, 5.41) is 11.3. The molecule has 0 fully saturated rings. The summed E-state index contributed by atoms with van der Waals surface area (Å²) in [6, 6.07) is 14.5. The SMILES string of the molecule is O=C(NCc1nnc2n1CCCCC2)c1cccc(NS(=O)(=O)c2ccccc2)c1. The second kappa shape index (κ2) is 8.66. The maximum Gasteiger partial charge on any atom is 0.261 e. The van der Waals surface area contributed by atoms with Crippen molar-refractivity contribution in [2.45, 2.75) is 43.7 Å². The zero-order valence-corrected chi connectivity index (χ0v) is 17.2. The van der Waals surface area contributed by atoms with Gasteiger partial charge < -0.3 is 9.88 Å². The predicted octanol–water partition coefficient (Wildman–Crippen LogP) is 2.74. The van der Waals surface area contributed by atoms with Crippen LogP contribution in [0, 0.1) is 0 Å². The number of aromatic nitrogens is 3. The summed E-state index contributed by atoms with van der Waals surface area (Å²) in [5.74, 6) is 1.40. The van der Waals surface area contributed by atoms with Crippen LogP contribution in [0.2, 0.25) is 0 Å². The Kier molecular flexibility index (Phi) is 5.80. The lowest BCUT2D eigenvalue weighted by atomic mass is 10.2. The Balaban J connectivity index is 1.44. The number of fused-ring (bicyclic) bond motifs is 1. The molecule has 1 aromatic heterocycles. The van der Waals surface area contributed by atoms with Gasteiger partial charge in [-0.3, -0.25) is 9.52 Å². The minimum atomic E-state index is -3.72. The van der Waals surface area contributed by atoms with E-state index < -0.39 is 10.0 Å². The molecule has 3 aromatic rings. The third-order valence-corrected chi connectivity index (χ3v) is 6.42. The van der Waals surface area contributed by atoms with Crippen molar-refractivity contribution in [1.29, 1.82) is 0 Å². The molecule has 0 bridgehead atoms. The number of nitrogens with zero attached hydrogens (tertiary/aromatic N) is 3. The van der Waals surface area contributed by atoms with Crippen LogP contribution in [0.4, 0.5) is 5.69 Å². The van der Waals surface area contributed by atoms with Gasteiger partial charge in [0, 0.05) is 24.2 Å². The van der Waals surface area contributed by atoms with Gasteiger partial charge in [0.15, 0.2) is 5.82 Å². The average Bonchev–Trinajstić information content (AvgIpc) is 2.98. The van der Waals surface area contributed by atoms with Gasteiger partial charge >= 0.3 is 0 Å². The summed E-state index contributed by atoms with van der Waals surface area (Å²) in [7, 11) is -3.72. The molecule has 2 N–H and O–H groups in total. The van der Waals surface area contributed by atoms with Gasteiger partial charge in [-0.25, -0.2) is 8.42 Å². The molecule has 0 atom stereocenters. The summed E-state index contributed by atoms with van der Waals surface area (Å²) in [6.45, 7) is 1.14. The molecule has 8 nitrogen and oxygen atoms in total. The van der Waals surface area contributed by atoms with Gasteiger partial charge in [0.2, 0.25) is 0 Å². The van der Waals surface area contributed by atoms with Crippen LogP contribution < -0.4 is 10.0 Å². The van der Waals surface area contributed by atoms with Crippen LogP contribution in [0.25, 0.3) is 0 Å². The van der Waals surface area contributed by atoms with Gasteiger partial charge in [0.05, 0.1) is 11.4 Å². The second-order valence-corrected chi connectivity index (χ2v) is 8.86. The number of nitrogens with one attached hydrogen (secondary N) is 2. The first-order chi connectivity index (χ1) is 14.5. The lowest BCUT2D eigenvalue weighted by Gasteiger charge is -2.10. The average molecular weight is 426 g/mol. The quantitative estimate of drug-likeness (QED) is 0.632. The summed E-state index contributed by atoms with van der Waals surface area (Å²) in [5.41, 5.74) is 0.682. The molecule has 2 heterocycles. The van der Waals surface area contributed by atoms with Gasteiger partial charge in [-0.1, -0.05) is 30.7 Å². The van der Waals surface area contributed by atoms with Gasteiger partial charge in [-0.05, 0) is 43.2 Å². The lowest BCUT2D eigenvalue weighted by molar-refractivity contribution is 0.0949. The van der Waals surface area contributed by atoms with E-state index in [4.69, 9.17) is 0 Å². The fraction of sp³-hybridized carbons (Fsp3) is 0.286. The highest BCUT2D eigenvalue weighted by molar-refractivity contribution is 7.92. The normalized spacial score (nSPS) is 13.9. The number of amides is 1. The Bertz CT molecular complexity index is 1140. The second-order valence-electron chi connectivity index (χ2n) is 7.18. The van der Waals surface area contributed by atoms with Crippen LogP contribution in [-0.2, 0) is 29.5 Å². The summed E-state index contributed by atoms with van der Waals surface area (Å²) in [6.07, 6.45) is 4.26. The maximum atomic E-state index is 12.6. The van der Waals surface area contributed by atoms with Gasteiger partial charge in [0.1, 0.15) is 5.82 Å². The van der Waals surface area contributed by atoms with Crippen molar-refractivity contribution in [2.75, 3.05) is 4.72 Å². The minimum Gasteiger partial charge on any atom is -0.345 e. The number of carbonyl (C=O) groups excluding carboxylic acids is 1. The van der Waals surface area contributed by atoms with Gasteiger partial charge in [-0.2, -0.15) is 0 Å². The van der Waals surface area contributed by atoms with Crippen molar-refractivity contribution >= 4 is 21.6 Å². The molecule has 9 heteroatoms. The van der Waals surface area contributed by atoms with Crippen LogP contribution in [0.15, 0.2) is 59.5 Å². The number of benzene rings is 2. The Morgan fingerprint density at radius 1 is 1.00 bits per heavy atom. The molecule has 156 valence electrons. The molecule has 0 radical (unpaired) electrons. The monoisotopic (exact) mass is 425 g/mol.